The summed E-state index contributed by atoms with van der Waals surface area (Å²) in [4.78, 5) is 206. The lowest BCUT2D eigenvalue weighted by molar-refractivity contribution is -0.148. The molecule has 24 N–H and O–H groups in total. The molecule has 0 atom stereocenters. The van der Waals surface area contributed by atoms with E-state index in [2.05, 4.69) is 42.5 Å². The molecule has 720 valence electrons. The van der Waals surface area contributed by atoms with Crippen LogP contribution in [0.15, 0.2) is 46.1 Å². The first-order chi connectivity index (χ1) is 58.8. The summed E-state index contributed by atoms with van der Waals surface area (Å²) in [5, 5.41) is 172. The Hall–Kier alpha value is -9.36. The first-order valence-electron chi connectivity index (χ1n) is 41.4. The molecule has 0 saturated heterocycles. The van der Waals surface area contributed by atoms with E-state index in [1.54, 1.807) is 13.8 Å². The van der Waals surface area contributed by atoms with Gasteiger partial charge in [0.25, 0.3) is 47.3 Å². The van der Waals surface area contributed by atoms with Crippen LogP contribution in [0.4, 0.5) is 0 Å². The summed E-state index contributed by atoms with van der Waals surface area (Å²) in [7, 11) is 0. The lowest BCUT2D eigenvalue weighted by Gasteiger charge is -2.36. The van der Waals surface area contributed by atoms with Crippen LogP contribution in [0.1, 0.15) is 181 Å². The first-order valence-corrected chi connectivity index (χ1v) is 41.4. The van der Waals surface area contributed by atoms with E-state index in [1.165, 1.54) is 96.1 Å². The van der Waals surface area contributed by atoms with E-state index in [-0.39, 0.29) is 89.4 Å². The Labute approximate surface area is 737 Å². The van der Waals surface area contributed by atoms with Gasteiger partial charge in [-0.25, -0.2) is 0 Å². The highest BCUT2D eigenvalue weighted by atomic mass is 16.3. The number of carbonyl (C=O) groups is 16. The van der Waals surface area contributed by atoms with Crippen LogP contribution in [0.2, 0.25) is 0 Å². The number of nitrogens with one attached hydrogen (secondary N) is 8. The molecule has 0 spiro atoms. The van der Waals surface area contributed by atoms with Crippen molar-refractivity contribution >= 4 is 94.5 Å². The average Bonchev–Trinajstić information content (AvgIpc) is 1.67. The highest BCUT2D eigenvalue weighted by Crippen LogP contribution is 2.36. The Kier molecular flexibility index (Phi) is 42.8. The van der Waals surface area contributed by atoms with Gasteiger partial charge >= 0.3 is 0 Å². The summed E-state index contributed by atoms with van der Waals surface area (Å²) in [5.74, 6) is -9.79. The maximum Gasteiger partial charge on any atom is 0.257 e. The molecule has 44 nitrogen and oxygen atoms in total. The minimum atomic E-state index is -1.76. The minimum Gasteiger partial charge on any atom is -0.394 e. The van der Waals surface area contributed by atoms with Crippen LogP contribution in [-0.4, -0.2) is 372 Å². The molecule has 4 heterocycles. The van der Waals surface area contributed by atoms with Crippen molar-refractivity contribution in [3.8, 4) is 0 Å². The van der Waals surface area contributed by atoms with Crippen LogP contribution < -0.4 is 42.5 Å². The molecular weight excluding hydrogens is 1680 g/mol. The van der Waals surface area contributed by atoms with E-state index in [0.717, 1.165) is 44.6 Å². The molecule has 0 fully saturated rings. The summed E-state index contributed by atoms with van der Waals surface area (Å²) in [6.45, 7) is 11.8. The van der Waals surface area contributed by atoms with E-state index in [9.17, 15) is 158 Å². The summed E-state index contributed by atoms with van der Waals surface area (Å²) in [6, 6.07) is 0. The van der Waals surface area contributed by atoms with Crippen LogP contribution >= 0.6 is 0 Å². The Morgan fingerprint density at radius 3 is 0.630 bits per heavy atom. The first kappa shape index (κ1) is 114. The highest BCUT2D eigenvalue weighted by Gasteiger charge is 2.52. The molecule has 0 radical (unpaired) electrons. The van der Waals surface area contributed by atoms with E-state index in [1.807, 2.05) is 0 Å². The predicted octanol–water partition coefficient (Wildman–Crippen LogP) is -7.85. The Bertz CT molecular complexity index is 3890. The van der Waals surface area contributed by atoms with Crippen molar-refractivity contribution in [2.45, 2.75) is 225 Å². The molecule has 16 amide bonds. The van der Waals surface area contributed by atoms with Crippen LogP contribution in [0.3, 0.4) is 0 Å². The maximum atomic E-state index is 13.2. The van der Waals surface area contributed by atoms with Gasteiger partial charge < -0.3 is 124 Å². The molecule has 0 aromatic rings. The highest BCUT2D eigenvalue weighted by molar-refractivity contribution is 6.20. The molecular formula is C83H136N12O32. The molecule has 1 aliphatic carbocycles. The smallest absolute Gasteiger partial charge is 0.257 e. The molecule has 4 aliphatic heterocycles. The summed E-state index contributed by atoms with van der Waals surface area (Å²) in [6.07, 6.45) is 6.42. The Morgan fingerprint density at radius 2 is 0.449 bits per heavy atom. The molecule has 0 bridgehead atoms. The number of imide groups is 4. The normalized spacial score (nSPS) is 15.8. The lowest BCUT2D eigenvalue weighted by atomic mass is 9.81. The number of amides is 16. The number of aliphatic hydroxyl groups excluding tert-OH is 16. The minimum absolute atomic E-state index is 0.0168. The summed E-state index contributed by atoms with van der Waals surface area (Å²) >= 11 is 0. The second kappa shape index (κ2) is 47.8. The van der Waals surface area contributed by atoms with Gasteiger partial charge in [0.15, 0.2) is 0 Å². The van der Waals surface area contributed by atoms with Crippen LogP contribution in [0.25, 0.3) is 0 Å². The maximum absolute atomic E-state index is 13.2. The zero-order valence-electron chi connectivity index (χ0n) is 75.3. The largest absolute Gasteiger partial charge is 0.394 e. The van der Waals surface area contributed by atoms with Gasteiger partial charge in [0.1, 0.15) is 21.7 Å². The van der Waals surface area contributed by atoms with Crippen molar-refractivity contribution in [1.29, 1.82) is 0 Å². The topological polar surface area (TPSA) is 706 Å². The third kappa shape index (κ3) is 28.8. The Morgan fingerprint density at radius 1 is 0.268 bits per heavy atom. The molecule has 5 rings (SSSR count). The zero-order chi connectivity index (χ0) is 97.8. The number of rotatable bonds is 48. The van der Waals surface area contributed by atoms with E-state index in [0.29, 0.717) is 40.7 Å². The van der Waals surface area contributed by atoms with Crippen LogP contribution in [0, 0.1) is 21.7 Å². The standard InChI is InChI=1S/C23H37N3O8.C21H35N3O8.C20H33N3O8.C19H31N3O8/c1-21(11-27,12-28)24-19(33)23(3,20(34)25-22(2,13-29)14-30)9-6-10-26-17(31)15-7-4-5-8-16(15)18(26)32;1-13-14(2)16(30)24(15(13)29)8-6-7-21(5,17(31)22-19(3,9-25)10-26)18(32)23-20(4,11-27)12-28;1-13-8-14(28)23(15(13)29)7-5-6-20(4,16(30)21-18(2,9-24)10-25)17(31)22-19(3,11-26)12-27;1-17(9-23,10-24)20-15(29)19(3,16(30)21-18(2,11-25)12-26)7-4-8-22-13(27)5-6-14(22)28/h27-30H,4-14H2,1-3H3,(H,24,33)(H,25,34);25-28H,6-12H2,1-5H3,(H,22,31)(H,23,32);8,24-27H,5-7,9-12H2,1-4H3,(H,21,30)(H,22,31);5-6,23-26H,4,7-12H2,1-3H3,(H,20,29)(H,21,30). The van der Waals surface area contributed by atoms with Crippen LogP contribution in [-0.2, 0) is 76.7 Å². The number of hydrogen-bond donors (Lipinski definition) is 24. The van der Waals surface area contributed by atoms with Gasteiger partial charge in [-0.15, -0.1) is 0 Å². The third-order valence-electron chi connectivity index (χ3n) is 23.4. The third-order valence-corrected chi connectivity index (χ3v) is 23.4. The quantitative estimate of drug-likeness (QED) is 0.0199. The number of carbonyl (C=O) groups excluding carboxylic acids is 16. The van der Waals surface area contributed by atoms with Gasteiger partial charge in [0.05, 0.1) is 150 Å². The van der Waals surface area contributed by atoms with E-state index in [4.69, 9.17) is 0 Å². The fourth-order valence-electron chi connectivity index (χ4n) is 12.5. The molecule has 0 saturated carbocycles. The molecule has 0 unspecified atom stereocenters. The van der Waals surface area contributed by atoms with Crippen molar-refractivity contribution < 1.29 is 158 Å². The second-order valence-electron chi connectivity index (χ2n) is 36.1. The van der Waals surface area contributed by atoms with Gasteiger partial charge in [0, 0.05) is 72.3 Å². The Balaban J connectivity index is 0.000000574. The van der Waals surface area contributed by atoms with Crippen molar-refractivity contribution in [3.05, 3.63) is 46.1 Å². The molecule has 0 aromatic carbocycles. The summed E-state index contributed by atoms with van der Waals surface area (Å²) < 4.78 is 0. The molecule has 0 aromatic heterocycles. The number of nitrogens with zero attached hydrogens (tertiary/aromatic N) is 4. The van der Waals surface area contributed by atoms with Crippen molar-refractivity contribution in [3.63, 3.8) is 0 Å². The fourth-order valence-corrected chi connectivity index (χ4v) is 12.5. The van der Waals surface area contributed by atoms with E-state index >= 15 is 0 Å². The van der Waals surface area contributed by atoms with Gasteiger partial charge in [-0.2, -0.15) is 0 Å². The molecule has 44 heteroatoms. The van der Waals surface area contributed by atoms with Gasteiger partial charge in [-0.3, -0.25) is 96.3 Å². The van der Waals surface area contributed by atoms with Crippen LogP contribution in [0.5, 0.6) is 0 Å². The van der Waals surface area contributed by atoms with Gasteiger partial charge in [0.2, 0.25) is 47.3 Å². The lowest BCUT2D eigenvalue weighted by Crippen LogP contribution is -2.62. The molecule has 127 heavy (non-hydrogen) atoms. The van der Waals surface area contributed by atoms with Crippen molar-refractivity contribution in [1.82, 2.24) is 62.1 Å². The SMILES string of the molecule is CC(CO)(CO)NC(=O)C(C)(CCCN1C(=O)C2=C(CCCC2)C1=O)C(=O)NC(C)(CO)CO.CC(CO)(CO)NC(=O)C(C)(CCCN1C(=O)C=CC1=O)C(=O)NC(C)(CO)CO.CC1=C(C)C(=O)N(CCCC(C)(C(=O)NC(C)(CO)CO)C(=O)NC(C)(CO)CO)C1=O.CC1=CC(=O)N(CCCC(C)(C(=O)NC(C)(CO)CO)C(=O)NC(C)(CO)CO)C1=O. The second-order valence-corrected chi connectivity index (χ2v) is 36.1. The number of aliphatic hydroxyl groups is 16. The van der Waals surface area contributed by atoms with Crippen molar-refractivity contribution in [2.75, 3.05) is 132 Å². The average molecular weight is 1810 g/mol. The van der Waals surface area contributed by atoms with E-state index < -0.39 is 254 Å². The predicted molar refractivity (Wildman–Crippen MR) is 449 cm³/mol. The monoisotopic (exact) mass is 1810 g/mol. The molecule has 5 aliphatic rings. The summed E-state index contributed by atoms with van der Waals surface area (Å²) in [5.41, 5.74) is -16.1. The van der Waals surface area contributed by atoms with Crippen molar-refractivity contribution in [2.24, 2.45) is 21.7 Å². The van der Waals surface area contributed by atoms with Gasteiger partial charge in [-0.1, -0.05) is 0 Å². The zero-order valence-corrected chi connectivity index (χ0v) is 75.3. The van der Waals surface area contributed by atoms with Gasteiger partial charge in [-0.05, 0) is 181 Å². The number of hydrogen-bond acceptors (Lipinski definition) is 32. The fraction of sp³-hybridized carbons (Fsp3) is 0.711.